The van der Waals surface area contributed by atoms with E-state index in [2.05, 4.69) is 14.5 Å². The van der Waals surface area contributed by atoms with Crippen LogP contribution in [0.25, 0.3) is 0 Å². The molecular weight excluding hydrogens is 415 g/mol. The molecule has 0 radical (unpaired) electrons. The number of amides is 1. The molecule has 2 aromatic rings. The van der Waals surface area contributed by atoms with Crippen LogP contribution >= 0.6 is 23.2 Å². The van der Waals surface area contributed by atoms with Gasteiger partial charge < -0.3 is 18.9 Å². The number of aromatic nitrogens is 3. The fraction of sp³-hybridized carbons (Fsp3) is 0.550. The van der Waals surface area contributed by atoms with E-state index in [4.69, 9.17) is 32.7 Å². The van der Waals surface area contributed by atoms with E-state index in [1.807, 2.05) is 19.3 Å². The number of carbonyl (C=O) groups excluding carboxylic acids is 1. The topological polar surface area (TPSA) is 69.5 Å². The van der Waals surface area contributed by atoms with E-state index in [1.165, 1.54) is 0 Å². The molecule has 0 atom stereocenters. The van der Waals surface area contributed by atoms with Gasteiger partial charge in [-0.2, -0.15) is 0 Å². The van der Waals surface area contributed by atoms with Crippen LogP contribution in [-0.4, -0.2) is 64.9 Å². The molecule has 0 bridgehead atoms. The predicted molar refractivity (Wildman–Crippen MR) is 112 cm³/mol. The first-order valence-corrected chi connectivity index (χ1v) is 10.6. The molecule has 0 aromatic carbocycles. The standard InChI is InChI=1S/C20H26Cl2N4O3/c1-2-28-13-14-29-12-11-25-10-7-23-19(25)15-5-8-26(9-6-15)20(27)18-16(21)3-4-17(22)24-18/h3-4,7,10,15H,2,5-6,8-9,11-14H2,1H3. The SMILES string of the molecule is CCOCCOCCn1ccnc1C1CCN(C(=O)c2nc(Cl)ccc2Cl)CC1. The molecule has 0 aliphatic carbocycles. The van der Waals surface area contributed by atoms with Gasteiger partial charge in [0.25, 0.3) is 5.91 Å². The molecule has 7 nitrogen and oxygen atoms in total. The van der Waals surface area contributed by atoms with E-state index in [1.54, 1.807) is 17.0 Å². The van der Waals surface area contributed by atoms with E-state index >= 15 is 0 Å². The second kappa shape index (κ2) is 10.9. The van der Waals surface area contributed by atoms with Crippen LogP contribution in [-0.2, 0) is 16.0 Å². The van der Waals surface area contributed by atoms with Crippen LogP contribution in [0.15, 0.2) is 24.5 Å². The number of imidazole rings is 1. The summed E-state index contributed by atoms with van der Waals surface area (Å²) in [4.78, 5) is 23.2. The summed E-state index contributed by atoms with van der Waals surface area (Å²) in [6.45, 7) is 6.52. The molecule has 0 spiro atoms. The molecule has 158 valence electrons. The Morgan fingerprint density at radius 1 is 1.17 bits per heavy atom. The van der Waals surface area contributed by atoms with Gasteiger partial charge in [0, 0.05) is 44.6 Å². The maximum absolute atomic E-state index is 12.8. The first-order chi connectivity index (χ1) is 14.1. The van der Waals surface area contributed by atoms with Gasteiger partial charge >= 0.3 is 0 Å². The number of ether oxygens (including phenoxy) is 2. The lowest BCUT2D eigenvalue weighted by molar-refractivity contribution is 0.0492. The molecule has 1 fully saturated rings. The quantitative estimate of drug-likeness (QED) is 0.439. The zero-order chi connectivity index (χ0) is 20.6. The zero-order valence-corrected chi connectivity index (χ0v) is 18.0. The van der Waals surface area contributed by atoms with E-state index in [0.29, 0.717) is 50.5 Å². The van der Waals surface area contributed by atoms with Crippen molar-refractivity contribution in [3.05, 3.63) is 46.2 Å². The van der Waals surface area contributed by atoms with E-state index in [0.717, 1.165) is 25.2 Å². The maximum Gasteiger partial charge on any atom is 0.274 e. The number of nitrogens with zero attached hydrogens (tertiary/aromatic N) is 4. The average Bonchev–Trinajstić information content (AvgIpc) is 3.20. The number of pyridine rings is 1. The summed E-state index contributed by atoms with van der Waals surface area (Å²) in [6, 6.07) is 3.18. The monoisotopic (exact) mass is 440 g/mol. The number of halogens is 2. The zero-order valence-electron chi connectivity index (χ0n) is 16.5. The van der Waals surface area contributed by atoms with Gasteiger partial charge in [0.05, 0.1) is 24.8 Å². The van der Waals surface area contributed by atoms with Crippen molar-refractivity contribution in [3.8, 4) is 0 Å². The lowest BCUT2D eigenvalue weighted by Crippen LogP contribution is -2.39. The van der Waals surface area contributed by atoms with E-state index < -0.39 is 0 Å². The first-order valence-electron chi connectivity index (χ1n) is 9.88. The van der Waals surface area contributed by atoms with Crippen LogP contribution in [0, 0.1) is 0 Å². The van der Waals surface area contributed by atoms with Crippen molar-refractivity contribution in [1.29, 1.82) is 0 Å². The molecule has 1 saturated heterocycles. The largest absolute Gasteiger partial charge is 0.379 e. The Kier molecular flexibility index (Phi) is 8.29. The lowest BCUT2D eigenvalue weighted by atomic mass is 9.95. The molecule has 29 heavy (non-hydrogen) atoms. The number of carbonyl (C=O) groups is 1. The molecule has 9 heteroatoms. The second-order valence-electron chi connectivity index (χ2n) is 6.82. The minimum Gasteiger partial charge on any atom is -0.379 e. The molecule has 3 rings (SSSR count). The van der Waals surface area contributed by atoms with Crippen molar-refractivity contribution in [2.45, 2.75) is 32.2 Å². The second-order valence-corrected chi connectivity index (χ2v) is 7.61. The number of piperidine rings is 1. The Labute approximate surface area is 180 Å². The van der Waals surface area contributed by atoms with Crippen molar-refractivity contribution in [3.63, 3.8) is 0 Å². The average molecular weight is 441 g/mol. The molecule has 0 unspecified atom stereocenters. The van der Waals surface area contributed by atoms with Gasteiger partial charge in [-0.3, -0.25) is 4.79 Å². The number of likely N-dealkylation sites (tertiary alicyclic amines) is 1. The molecule has 1 amide bonds. The van der Waals surface area contributed by atoms with E-state index in [9.17, 15) is 4.79 Å². The van der Waals surface area contributed by atoms with Gasteiger partial charge in [-0.15, -0.1) is 0 Å². The minimum atomic E-state index is -0.179. The molecule has 0 saturated carbocycles. The highest BCUT2D eigenvalue weighted by Gasteiger charge is 2.28. The van der Waals surface area contributed by atoms with Crippen molar-refractivity contribution >= 4 is 29.1 Å². The van der Waals surface area contributed by atoms with Crippen LogP contribution in [0.1, 0.15) is 42.0 Å². The van der Waals surface area contributed by atoms with Gasteiger partial charge in [0.1, 0.15) is 16.7 Å². The van der Waals surface area contributed by atoms with Gasteiger partial charge in [0.2, 0.25) is 0 Å². The molecule has 3 heterocycles. The Bertz CT molecular complexity index is 807. The molecule has 1 aliphatic rings. The third kappa shape index (κ3) is 5.92. The number of hydrogen-bond acceptors (Lipinski definition) is 5. The summed E-state index contributed by atoms with van der Waals surface area (Å²) < 4.78 is 13.0. The fourth-order valence-corrected chi connectivity index (χ4v) is 3.79. The Balaban J connectivity index is 1.51. The van der Waals surface area contributed by atoms with Gasteiger partial charge in [-0.25, -0.2) is 9.97 Å². The molecular formula is C20H26Cl2N4O3. The van der Waals surface area contributed by atoms with Crippen molar-refractivity contribution in [1.82, 2.24) is 19.4 Å². The first kappa shape index (κ1) is 22.0. The smallest absolute Gasteiger partial charge is 0.274 e. The fourth-order valence-electron chi connectivity index (χ4n) is 3.46. The summed E-state index contributed by atoms with van der Waals surface area (Å²) in [5, 5.41) is 0.583. The summed E-state index contributed by atoms with van der Waals surface area (Å²) in [7, 11) is 0. The number of hydrogen-bond donors (Lipinski definition) is 0. The summed E-state index contributed by atoms with van der Waals surface area (Å²) in [5.74, 6) is 1.17. The highest BCUT2D eigenvalue weighted by Crippen LogP contribution is 2.28. The maximum atomic E-state index is 12.8. The summed E-state index contributed by atoms with van der Waals surface area (Å²) in [6.07, 6.45) is 5.48. The Morgan fingerprint density at radius 2 is 1.93 bits per heavy atom. The lowest BCUT2D eigenvalue weighted by Gasteiger charge is -2.32. The van der Waals surface area contributed by atoms with Crippen molar-refractivity contribution in [2.24, 2.45) is 0 Å². The summed E-state index contributed by atoms with van der Waals surface area (Å²) in [5.41, 5.74) is 0.211. The van der Waals surface area contributed by atoms with Crippen molar-refractivity contribution < 1.29 is 14.3 Å². The van der Waals surface area contributed by atoms with Crippen LogP contribution in [0.5, 0.6) is 0 Å². The van der Waals surface area contributed by atoms with Crippen LogP contribution in [0.3, 0.4) is 0 Å². The van der Waals surface area contributed by atoms with Gasteiger partial charge in [-0.1, -0.05) is 23.2 Å². The normalized spacial score (nSPS) is 15.1. The third-order valence-corrected chi connectivity index (χ3v) is 5.48. The predicted octanol–water partition coefficient (Wildman–Crippen LogP) is 3.66. The van der Waals surface area contributed by atoms with Gasteiger partial charge in [-0.05, 0) is 31.9 Å². The third-order valence-electron chi connectivity index (χ3n) is 4.96. The van der Waals surface area contributed by atoms with Gasteiger partial charge in [0.15, 0.2) is 0 Å². The highest BCUT2D eigenvalue weighted by atomic mass is 35.5. The number of rotatable bonds is 9. The van der Waals surface area contributed by atoms with E-state index in [-0.39, 0.29) is 16.8 Å². The molecule has 0 N–H and O–H groups in total. The Hall–Kier alpha value is -1.67. The molecule has 2 aromatic heterocycles. The minimum absolute atomic E-state index is 0.179. The Morgan fingerprint density at radius 3 is 2.69 bits per heavy atom. The van der Waals surface area contributed by atoms with Crippen LogP contribution < -0.4 is 0 Å². The van der Waals surface area contributed by atoms with Crippen LogP contribution in [0.2, 0.25) is 10.2 Å². The summed E-state index contributed by atoms with van der Waals surface area (Å²) >= 11 is 12.0. The van der Waals surface area contributed by atoms with Crippen molar-refractivity contribution in [2.75, 3.05) is 39.5 Å². The van der Waals surface area contributed by atoms with Crippen LogP contribution in [0.4, 0.5) is 0 Å². The molecule has 1 aliphatic heterocycles. The highest BCUT2D eigenvalue weighted by molar-refractivity contribution is 6.34.